The number of hydrogen-bond donors (Lipinski definition) is 1. The lowest BCUT2D eigenvalue weighted by Gasteiger charge is -2.32. The average Bonchev–Trinajstić information content (AvgIpc) is 2.60. The van der Waals surface area contributed by atoms with E-state index in [2.05, 4.69) is 30.8 Å². The summed E-state index contributed by atoms with van der Waals surface area (Å²) in [6, 6.07) is 4.48. The minimum atomic E-state index is -0.773. The molecule has 0 aromatic heterocycles. The van der Waals surface area contributed by atoms with Gasteiger partial charge in [-0.15, -0.1) is 0 Å². The molecule has 24 heavy (non-hydrogen) atoms. The van der Waals surface area contributed by atoms with Crippen molar-refractivity contribution in [3.63, 3.8) is 0 Å². The van der Waals surface area contributed by atoms with E-state index in [0.717, 1.165) is 12.7 Å². The number of amides is 1. The van der Waals surface area contributed by atoms with E-state index in [9.17, 15) is 14.4 Å². The van der Waals surface area contributed by atoms with Crippen LogP contribution in [0.4, 0.5) is 0 Å². The van der Waals surface area contributed by atoms with Crippen LogP contribution in [0.3, 0.4) is 0 Å². The van der Waals surface area contributed by atoms with Gasteiger partial charge in [0.25, 0.3) is 0 Å². The summed E-state index contributed by atoms with van der Waals surface area (Å²) in [5.74, 6) is -0.731. The highest BCUT2D eigenvalue weighted by Crippen LogP contribution is 2.32. The van der Waals surface area contributed by atoms with Crippen LogP contribution in [0.15, 0.2) is 0 Å². The molecule has 142 valence electrons. The Morgan fingerprint density at radius 3 is 1.96 bits per heavy atom. The third-order valence-electron chi connectivity index (χ3n) is 5.08. The minimum absolute atomic E-state index is 0.0605. The van der Waals surface area contributed by atoms with Gasteiger partial charge in [-0.3, -0.25) is 9.59 Å². The summed E-state index contributed by atoms with van der Waals surface area (Å²) in [6.45, 7) is 12.4. The quantitative estimate of drug-likeness (QED) is 0.369. The number of hydrogen-bond acceptors (Lipinski definition) is 4. The number of rotatable bonds is 10. The maximum atomic E-state index is 12.0. The zero-order valence-electron chi connectivity index (χ0n) is 16.6. The number of aldehydes is 1. The van der Waals surface area contributed by atoms with Crippen LogP contribution >= 0.6 is 0 Å². The predicted octanol–water partition coefficient (Wildman–Crippen LogP) is 3.19. The lowest BCUT2D eigenvalue weighted by Crippen LogP contribution is -2.45. The largest absolute Gasteiger partial charge is 0.468 e. The zero-order chi connectivity index (χ0) is 19.2. The summed E-state index contributed by atoms with van der Waals surface area (Å²) in [5.41, 5.74) is -0.773. The van der Waals surface area contributed by atoms with Gasteiger partial charge >= 0.3 is 5.97 Å². The van der Waals surface area contributed by atoms with Gasteiger partial charge in [-0.1, -0.05) is 66.1 Å². The molecule has 0 bridgehead atoms. The number of ether oxygens (including phenoxy) is 1. The topological polar surface area (TPSA) is 72.5 Å². The van der Waals surface area contributed by atoms with Crippen molar-refractivity contribution in [2.24, 2.45) is 11.3 Å². The van der Waals surface area contributed by atoms with Crippen LogP contribution in [-0.2, 0) is 19.1 Å². The second kappa shape index (κ2) is 14.2. The average molecular weight is 360 g/mol. The SMILES string of the molecule is CCC(C)[C@@](C)(CC=O)C(=O)NCC(=O)OC.CC[SiH](CC)CC. The van der Waals surface area contributed by atoms with E-state index < -0.39 is 11.4 Å². The zero-order valence-corrected chi connectivity index (χ0v) is 17.8. The first-order chi connectivity index (χ1) is 11.3. The molecule has 0 saturated carbocycles. The van der Waals surface area contributed by atoms with Crippen molar-refractivity contribution in [1.29, 1.82) is 0 Å². The normalized spacial score (nSPS) is 14.0. The molecule has 0 aliphatic rings. The molecule has 0 spiro atoms. The third-order valence-corrected chi connectivity index (χ3v) is 8.54. The van der Waals surface area contributed by atoms with E-state index in [1.54, 1.807) is 6.92 Å². The molecule has 0 saturated heterocycles. The van der Waals surface area contributed by atoms with Crippen molar-refractivity contribution in [2.75, 3.05) is 13.7 Å². The molecule has 1 N–H and O–H groups in total. The van der Waals surface area contributed by atoms with Crippen LogP contribution in [0.5, 0.6) is 0 Å². The molecule has 1 unspecified atom stereocenters. The van der Waals surface area contributed by atoms with Gasteiger partial charge in [-0.25, -0.2) is 0 Å². The van der Waals surface area contributed by atoms with Crippen LogP contribution in [0, 0.1) is 11.3 Å². The van der Waals surface area contributed by atoms with Crippen molar-refractivity contribution in [3.8, 4) is 0 Å². The Balaban J connectivity index is 0. The number of methoxy groups -OCH3 is 1. The smallest absolute Gasteiger partial charge is 0.325 e. The monoisotopic (exact) mass is 359 g/mol. The van der Waals surface area contributed by atoms with Gasteiger partial charge in [0.1, 0.15) is 12.8 Å². The fourth-order valence-electron chi connectivity index (χ4n) is 2.43. The van der Waals surface area contributed by atoms with E-state index in [1.165, 1.54) is 25.2 Å². The van der Waals surface area contributed by atoms with Gasteiger partial charge in [0.15, 0.2) is 0 Å². The molecule has 1 amide bonds. The maximum Gasteiger partial charge on any atom is 0.325 e. The van der Waals surface area contributed by atoms with Gasteiger partial charge in [-0.2, -0.15) is 0 Å². The highest BCUT2D eigenvalue weighted by molar-refractivity contribution is 6.58. The Labute approximate surface area is 149 Å². The predicted molar refractivity (Wildman–Crippen MR) is 102 cm³/mol. The van der Waals surface area contributed by atoms with Crippen LogP contribution < -0.4 is 5.32 Å². The fourth-order valence-corrected chi connectivity index (χ4v) is 4.17. The van der Waals surface area contributed by atoms with Crippen LogP contribution in [-0.4, -0.2) is 40.6 Å². The van der Waals surface area contributed by atoms with E-state index in [-0.39, 0.29) is 33.6 Å². The molecule has 0 aliphatic heterocycles. The Bertz CT molecular complexity index is 367. The van der Waals surface area contributed by atoms with E-state index in [4.69, 9.17) is 0 Å². The first-order valence-corrected chi connectivity index (χ1v) is 11.5. The Kier molecular flexibility index (Phi) is 14.8. The Hall–Kier alpha value is -1.17. The van der Waals surface area contributed by atoms with Crippen molar-refractivity contribution < 1.29 is 19.1 Å². The summed E-state index contributed by atoms with van der Waals surface area (Å²) in [7, 11) is 1.09. The molecule has 0 radical (unpaired) electrons. The van der Waals surface area contributed by atoms with E-state index in [1.807, 2.05) is 13.8 Å². The second-order valence-electron chi connectivity index (χ2n) is 6.45. The number of carbonyl (C=O) groups is 3. The van der Waals surface area contributed by atoms with Crippen molar-refractivity contribution in [2.45, 2.75) is 72.5 Å². The van der Waals surface area contributed by atoms with Gasteiger partial charge in [-0.05, 0) is 5.92 Å². The van der Waals surface area contributed by atoms with Gasteiger partial charge in [0, 0.05) is 15.2 Å². The van der Waals surface area contributed by atoms with Crippen LogP contribution in [0.2, 0.25) is 18.1 Å². The molecule has 0 rings (SSSR count). The highest BCUT2D eigenvalue weighted by atomic mass is 28.3. The molecule has 5 nitrogen and oxygen atoms in total. The van der Waals surface area contributed by atoms with Gasteiger partial charge in [0.2, 0.25) is 5.91 Å². The number of carbonyl (C=O) groups excluding carboxylic acids is 3. The van der Waals surface area contributed by atoms with Crippen molar-refractivity contribution >= 4 is 27.0 Å². The van der Waals surface area contributed by atoms with Crippen molar-refractivity contribution in [1.82, 2.24) is 5.32 Å². The number of nitrogens with one attached hydrogen (secondary N) is 1. The summed E-state index contributed by atoms with van der Waals surface area (Å²) < 4.78 is 4.44. The summed E-state index contributed by atoms with van der Waals surface area (Å²) >= 11 is 0. The van der Waals surface area contributed by atoms with Gasteiger partial charge in [0.05, 0.1) is 12.5 Å². The molecule has 0 aromatic carbocycles. The minimum Gasteiger partial charge on any atom is -0.468 e. The van der Waals surface area contributed by atoms with Crippen molar-refractivity contribution in [3.05, 3.63) is 0 Å². The Morgan fingerprint density at radius 1 is 1.17 bits per heavy atom. The maximum absolute atomic E-state index is 12.0. The third kappa shape index (κ3) is 9.20. The molecule has 0 aliphatic carbocycles. The highest BCUT2D eigenvalue weighted by Gasteiger charge is 2.37. The molecular weight excluding hydrogens is 322 g/mol. The first kappa shape index (κ1) is 25.1. The molecule has 0 heterocycles. The van der Waals surface area contributed by atoms with E-state index >= 15 is 0 Å². The van der Waals surface area contributed by atoms with E-state index in [0.29, 0.717) is 0 Å². The van der Waals surface area contributed by atoms with Crippen LogP contribution in [0.1, 0.15) is 54.4 Å². The molecular formula is C18H37NO4Si. The summed E-state index contributed by atoms with van der Waals surface area (Å²) in [5, 5.41) is 2.50. The number of esters is 1. The molecule has 0 aromatic rings. The van der Waals surface area contributed by atoms with Gasteiger partial charge < -0.3 is 14.8 Å². The Morgan fingerprint density at radius 2 is 1.67 bits per heavy atom. The standard InChI is InChI=1S/C12H21NO4.C6H16Si/c1-5-9(2)12(3,6-7-14)11(16)13-8-10(15)17-4;1-4-7(5-2)6-3/h7,9H,5-6,8H2,1-4H3,(H,13,16);7H,4-6H2,1-3H3/t9?,12-;/m1./s1. The lowest BCUT2D eigenvalue weighted by molar-refractivity contribution is -0.143. The molecule has 0 fully saturated rings. The molecule has 6 heteroatoms. The first-order valence-electron chi connectivity index (χ1n) is 9.05. The summed E-state index contributed by atoms with van der Waals surface area (Å²) in [4.78, 5) is 33.6. The fraction of sp³-hybridized carbons (Fsp3) is 0.833. The second-order valence-corrected chi connectivity index (χ2v) is 10.6. The van der Waals surface area contributed by atoms with Crippen LogP contribution in [0.25, 0.3) is 0 Å². The lowest BCUT2D eigenvalue weighted by atomic mass is 9.73. The molecule has 2 atom stereocenters. The summed E-state index contributed by atoms with van der Waals surface area (Å²) in [6.07, 6.45) is 1.68.